The molecule has 4 aromatic heterocycles. The Kier molecular flexibility index (Phi) is 7.78. The van der Waals surface area contributed by atoms with E-state index in [-0.39, 0.29) is 23.4 Å². The molecule has 2 atom stereocenters. The van der Waals surface area contributed by atoms with Crippen molar-refractivity contribution in [3.63, 3.8) is 0 Å². The molecular weight excluding hydrogens is 636 g/mol. The van der Waals surface area contributed by atoms with Crippen molar-refractivity contribution >= 4 is 45.3 Å². The maximum Gasteiger partial charge on any atom is 0.356 e. The second-order valence-corrected chi connectivity index (χ2v) is 13.0. The number of carbonyl (C=O) groups excluding carboxylic acids is 4. The zero-order valence-electron chi connectivity index (χ0n) is 27.6. The molecule has 0 spiro atoms. The van der Waals surface area contributed by atoms with Gasteiger partial charge in [0.2, 0.25) is 0 Å². The quantitative estimate of drug-likeness (QED) is 0.174. The van der Waals surface area contributed by atoms with E-state index in [2.05, 4.69) is 9.97 Å². The number of aromatic nitrogens is 6. The van der Waals surface area contributed by atoms with E-state index in [1.807, 2.05) is 84.2 Å². The summed E-state index contributed by atoms with van der Waals surface area (Å²) in [5.41, 5.74) is 6.26. The lowest BCUT2D eigenvalue weighted by Gasteiger charge is -2.21. The van der Waals surface area contributed by atoms with Gasteiger partial charge >= 0.3 is 11.9 Å². The summed E-state index contributed by atoms with van der Waals surface area (Å²) >= 11 is 0. The molecule has 0 saturated heterocycles. The molecule has 252 valence electrons. The van der Waals surface area contributed by atoms with Crippen LogP contribution in [0.4, 0.5) is 0 Å². The van der Waals surface area contributed by atoms with Crippen molar-refractivity contribution in [3.05, 3.63) is 120 Å². The third kappa shape index (κ3) is 5.52. The van der Waals surface area contributed by atoms with Crippen molar-refractivity contribution in [1.29, 1.82) is 0 Å². The molecule has 12 heteroatoms. The molecule has 0 amide bonds. The van der Waals surface area contributed by atoms with Gasteiger partial charge in [-0.3, -0.25) is 9.59 Å². The summed E-state index contributed by atoms with van der Waals surface area (Å²) in [5, 5.41) is 1.86. The number of nitrogens with zero attached hydrogens (tertiary/aromatic N) is 6. The Labute approximate surface area is 286 Å². The number of carbonyl (C=O) groups is 4. The first-order valence-corrected chi connectivity index (χ1v) is 16.6. The third-order valence-corrected chi connectivity index (χ3v) is 9.97. The number of rotatable bonds is 8. The molecule has 0 fully saturated rings. The van der Waals surface area contributed by atoms with Crippen molar-refractivity contribution in [1.82, 2.24) is 28.6 Å². The minimum Gasteiger partial charge on any atom is -0.350 e. The predicted octanol–water partition coefficient (Wildman–Crippen LogP) is 4.21. The molecule has 12 nitrogen and oxygen atoms in total. The molecule has 0 unspecified atom stereocenters. The monoisotopic (exact) mass is 670 g/mol. The molecule has 6 aromatic rings. The Morgan fingerprint density at radius 2 is 1.08 bits per heavy atom. The Morgan fingerprint density at radius 1 is 0.660 bits per heavy atom. The molecule has 2 aliphatic rings. The lowest BCUT2D eigenvalue weighted by atomic mass is 9.84. The third-order valence-electron chi connectivity index (χ3n) is 9.97. The SMILES string of the molecule is Cn1cc(C(=O)[C@@H]2CCc3c(ncn3OC(=O)/C=C/C(=O)On3cnc4c3CC[C@@H](C(=O)c3cn(C)c5ccccc35)C4)C2)c2ccccc21. The standard InChI is InChI=1S/C38H34N6O6/c1-41-19-27(25-7-3-5-9-31(25)41)37(47)23-11-13-33-29(17-23)39-21-43(33)49-35(45)15-16-36(46)50-44-22-40-30-18-24(12-14-34(30)44)38(48)28-20-42(2)32-10-6-4-8-26(28)32/h3-10,15-16,19-24H,11-14,17-18H2,1-2H3/b16-15+/t23-,24-/m1/s1. The van der Waals surface area contributed by atoms with Gasteiger partial charge in [0.25, 0.3) is 0 Å². The van der Waals surface area contributed by atoms with E-state index in [4.69, 9.17) is 9.68 Å². The summed E-state index contributed by atoms with van der Waals surface area (Å²) in [4.78, 5) is 72.0. The van der Waals surface area contributed by atoms with Gasteiger partial charge in [0, 0.05) is 96.3 Å². The summed E-state index contributed by atoms with van der Waals surface area (Å²) < 4.78 is 6.52. The number of aryl methyl sites for hydroxylation is 2. The number of fused-ring (bicyclic) bond motifs is 4. The van der Waals surface area contributed by atoms with Crippen molar-refractivity contribution in [2.75, 3.05) is 0 Å². The lowest BCUT2D eigenvalue weighted by Crippen LogP contribution is -2.27. The average molecular weight is 671 g/mol. The van der Waals surface area contributed by atoms with Crippen LogP contribution in [0.25, 0.3) is 21.8 Å². The first kappa shape index (κ1) is 31.2. The Bertz CT molecular complexity index is 2210. The normalized spacial score (nSPS) is 17.2. The lowest BCUT2D eigenvalue weighted by molar-refractivity contribution is -0.141. The maximum absolute atomic E-state index is 13.5. The molecule has 0 saturated carbocycles. The van der Waals surface area contributed by atoms with Gasteiger partial charge in [-0.05, 0) is 37.8 Å². The summed E-state index contributed by atoms with van der Waals surface area (Å²) in [6.07, 6.45) is 11.7. The van der Waals surface area contributed by atoms with Crippen LogP contribution in [0.3, 0.4) is 0 Å². The molecule has 0 radical (unpaired) electrons. The second-order valence-electron chi connectivity index (χ2n) is 13.0. The number of hydrogen-bond acceptors (Lipinski definition) is 8. The van der Waals surface area contributed by atoms with E-state index in [1.54, 1.807) is 0 Å². The van der Waals surface area contributed by atoms with Crippen molar-refractivity contribution in [3.8, 4) is 0 Å². The van der Waals surface area contributed by atoms with Gasteiger partial charge in [0.05, 0.1) is 22.8 Å². The van der Waals surface area contributed by atoms with Gasteiger partial charge in [-0.15, -0.1) is 0 Å². The van der Waals surface area contributed by atoms with Gasteiger partial charge in [0.15, 0.2) is 11.6 Å². The molecule has 50 heavy (non-hydrogen) atoms. The Balaban J connectivity index is 0.868. The summed E-state index contributed by atoms with van der Waals surface area (Å²) in [5.74, 6) is -1.86. The van der Waals surface area contributed by atoms with E-state index >= 15 is 0 Å². The van der Waals surface area contributed by atoms with Gasteiger partial charge in [-0.25, -0.2) is 19.6 Å². The zero-order chi connectivity index (χ0) is 34.5. The van der Waals surface area contributed by atoms with Crippen LogP contribution in [0.1, 0.15) is 56.3 Å². The van der Waals surface area contributed by atoms with Gasteiger partial charge in [-0.1, -0.05) is 36.4 Å². The zero-order valence-corrected chi connectivity index (χ0v) is 27.6. The molecule has 0 N–H and O–H groups in total. The number of ketones is 2. The van der Waals surface area contributed by atoms with Crippen molar-refractivity contribution < 1.29 is 28.9 Å². The Hall–Kier alpha value is -6.04. The predicted molar refractivity (Wildman–Crippen MR) is 182 cm³/mol. The summed E-state index contributed by atoms with van der Waals surface area (Å²) in [6, 6.07) is 15.7. The van der Waals surface area contributed by atoms with Crippen LogP contribution in [0, 0.1) is 11.8 Å². The highest BCUT2D eigenvalue weighted by molar-refractivity contribution is 6.10. The highest BCUT2D eigenvalue weighted by Crippen LogP contribution is 2.32. The number of imidazole rings is 2. The van der Waals surface area contributed by atoms with Crippen molar-refractivity contribution in [2.45, 2.75) is 38.5 Å². The minimum absolute atomic E-state index is 0.0776. The van der Waals surface area contributed by atoms with E-state index in [0.717, 1.165) is 45.3 Å². The first-order valence-electron chi connectivity index (χ1n) is 16.6. The molecule has 2 aromatic carbocycles. The molecule has 0 bridgehead atoms. The first-order chi connectivity index (χ1) is 24.2. The molecule has 8 rings (SSSR count). The number of Topliss-reactive ketones (excluding diaryl/α,β-unsaturated/α-hetero) is 2. The van der Waals surface area contributed by atoms with E-state index in [0.29, 0.717) is 61.0 Å². The number of benzene rings is 2. The Morgan fingerprint density at radius 3 is 1.52 bits per heavy atom. The fourth-order valence-electron chi connectivity index (χ4n) is 7.44. The smallest absolute Gasteiger partial charge is 0.350 e. The maximum atomic E-state index is 13.5. The van der Waals surface area contributed by atoms with E-state index < -0.39 is 11.9 Å². The van der Waals surface area contributed by atoms with Crippen LogP contribution < -0.4 is 9.68 Å². The van der Waals surface area contributed by atoms with E-state index in [9.17, 15) is 19.2 Å². The largest absolute Gasteiger partial charge is 0.356 e. The minimum atomic E-state index is -0.779. The molecule has 0 aliphatic heterocycles. The molecular formula is C38H34N6O6. The highest BCUT2D eigenvalue weighted by Gasteiger charge is 2.32. The van der Waals surface area contributed by atoms with Crippen LogP contribution in [-0.4, -0.2) is 52.1 Å². The van der Waals surface area contributed by atoms with Crippen LogP contribution in [0.2, 0.25) is 0 Å². The van der Waals surface area contributed by atoms with Crippen LogP contribution in [-0.2, 0) is 49.4 Å². The van der Waals surface area contributed by atoms with Gasteiger partial charge < -0.3 is 18.8 Å². The topological polar surface area (TPSA) is 132 Å². The second kappa shape index (κ2) is 12.4. The molecule has 2 aliphatic carbocycles. The van der Waals surface area contributed by atoms with Gasteiger partial charge in [0.1, 0.15) is 12.7 Å². The fraction of sp³-hybridized carbons (Fsp3) is 0.263. The van der Waals surface area contributed by atoms with Crippen molar-refractivity contribution in [2.24, 2.45) is 25.9 Å². The number of hydrogen-bond donors (Lipinski definition) is 0. The molecule has 4 heterocycles. The summed E-state index contributed by atoms with van der Waals surface area (Å²) in [6.45, 7) is 0. The van der Waals surface area contributed by atoms with Crippen LogP contribution in [0.15, 0.2) is 85.7 Å². The number of para-hydroxylation sites is 2. The summed E-state index contributed by atoms with van der Waals surface area (Å²) in [7, 11) is 3.86. The average Bonchev–Trinajstić information content (AvgIpc) is 3.90. The van der Waals surface area contributed by atoms with E-state index in [1.165, 1.54) is 22.1 Å². The van der Waals surface area contributed by atoms with Crippen LogP contribution in [0.5, 0.6) is 0 Å². The fourth-order valence-corrected chi connectivity index (χ4v) is 7.44. The van der Waals surface area contributed by atoms with Crippen LogP contribution >= 0.6 is 0 Å². The highest BCUT2D eigenvalue weighted by atomic mass is 16.7. The van der Waals surface area contributed by atoms with Gasteiger partial charge in [-0.2, -0.15) is 9.46 Å².